The number of benzene rings is 2. The van der Waals surface area contributed by atoms with Gasteiger partial charge in [-0.3, -0.25) is 4.98 Å². The van der Waals surface area contributed by atoms with Crippen LogP contribution in [0, 0.1) is 5.82 Å². The lowest BCUT2D eigenvalue weighted by Crippen LogP contribution is -1.97. The minimum absolute atomic E-state index is 0.252. The van der Waals surface area contributed by atoms with Crippen molar-refractivity contribution in [1.82, 2.24) is 15.0 Å². The van der Waals surface area contributed by atoms with E-state index < -0.39 is 5.82 Å². The minimum atomic E-state index is -0.425. The van der Waals surface area contributed by atoms with Crippen molar-refractivity contribution in [2.75, 3.05) is 13.2 Å². The fraction of sp³-hybridized carbons (Fsp3) is 0.130. The van der Waals surface area contributed by atoms with Crippen molar-refractivity contribution in [3.8, 4) is 45.4 Å². The van der Waals surface area contributed by atoms with Crippen LogP contribution in [0.4, 0.5) is 4.39 Å². The molecule has 0 spiro atoms. The number of aromatic amines is 1. The molecule has 0 aliphatic carbocycles. The molecule has 0 unspecified atom stereocenters. The summed E-state index contributed by atoms with van der Waals surface area (Å²) in [5, 5.41) is 0.304. The predicted octanol–water partition coefficient (Wildman–Crippen LogP) is 5.76. The molecule has 2 aromatic heterocycles. The molecule has 150 valence electrons. The number of ether oxygens (including phenoxy) is 2. The summed E-state index contributed by atoms with van der Waals surface area (Å²) in [5.74, 6) is 1.43. The number of rotatable bonds is 3. The molecule has 5 rings (SSSR count). The molecule has 30 heavy (non-hydrogen) atoms. The molecule has 1 N–H and O–H groups in total. The van der Waals surface area contributed by atoms with Gasteiger partial charge in [-0.2, -0.15) is 0 Å². The van der Waals surface area contributed by atoms with E-state index in [1.54, 1.807) is 24.5 Å². The maximum atomic E-state index is 14.2. The number of hydrogen-bond acceptors (Lipinski definition) is 4. The van der Waals surface area contributed by atoms with Gasteiger partial charge in [0.1, 0.15) is 11.6 Å². The molecule has 0 saturated heterocycles. The fourth-order valence-electron chi connectivity index (χ4n) is 3.36. The Kier molecular flexibility index (Phi) is 4.85. The van der Waals surface area contributed by atoms with Gasteiger partial charge >= 0.3 is 0 Å². The molecule has 0 bridgehead atoms. The van der Waals surface area contributed by atoms with Gasteiger partial charge in [0.2, 0.25) is 0 Å². The third-order valence-electron chi connectivity index (χ3n) is 4.88. The third-order valence-corrected chi connectivity index (χ3v) is 5.19. The van der Waals surface area contributed by atoms with Gasteiger partial charge < -0.3 is 14.5 Å². The van der Waals surface area contributed by atoms with E-state index in [1.165, 1.54) is 6.07 Å². The number of H-pyrrole nitrogens is 1. The fourth-order valence-corrected chi connectivity index (χ4v) is 3.61. The van der Waals surface area contributed by atoms with E-state index in [4.69, 9.17) is 21.1 Å². The molecule has 1 aliphatic heterocycles. The Labute approximate surface area is 177 Å². The second kappa shape index (κ2) is 7.80. The predicted molar refractivity (Wildman–Crippen MR) is 113 cm³/mol. The second-order valence-electron chi connectivity index (χ2n) is 6.88. The lowest BCUT2D eigenvalue weighted by molar-refractivity contribution is 0.297. The molecule has 3 heterocycles. The van der Waals surface area contributed by atoms with Gasteiger partial charge in [0, 0.05) is 29.9 Å². The van der Waals surface area contributed by atoms with Crippen molar-refractivity contribution in [2.45, 2.75) is 6.42 Å². The van der Waals surface area contributed by atoms with E-state index in [2.05, 4.69) is 15.0 Å². The molecule has 0 amide bonds. The van der Waals surface area contributed by atoms with E-state index in [0.29, 0.717) is 29.8 Å². The molecule has 5 nitrogen and oxygen atoms in total. The highest BCUT2D eigenvalue weighted by Gasteiger charge is 2.15. The van der Waals surface area contributed by atoms with Crippen molar-refractivity contribution in [1.29, 1.82) is 0 Å². The quantitative estimate of drug-likeness (QED) is 0.457. The largest absolute Gasteiger partial charge is 0.490 e. The summed E-state index contributed by atoms with van der Waals surface area (Å²) in [7, 11) is 0. The average molecular weight is 422 g/mol. The summed E-state index contributed by atoms with van der Waals surface area (Å²) in [6.45, 7) is 1.29. The van der Waals surface area contributed by atoms with Crippen molar-refractivity contribution in [3.63, 3.8) is 0 Å². The number of halogens is 2. The number of fused-ring (bicyclic) bond motifs is 1. The van der Waals surface area contributed by atoms with Crippen LogP contribution in [0.15, 0.2) is 60.9 Å². The summed E-state index contributed by atoms with van der Waals surface area (Å²) in [5.41, 5.74) is 3.46. The van der Waals surface area contributed by atoms with Gasteiger partial charge in [-0.25, -0.2) is 9.37 Å². The second-order valence-corrected chi connectivity index (χ2v) is 7.28. The monoisotopic (exact) mass is 421 g/mol. The molecular weight excluding hydrogens is 405 g/mol. The van der Waals surface area contributed by atoms with Crippen LogP contribution in [0.3, 0.4) is 0 Å². The van der Waals surface area contributed by atoms with Crippen LogP contribution in [0.5, 0.6) is 11.5 Å². The zero-order valence-electron chi connectivity index (χ0n) is 15.9. The van der Waals surface area contributed by atoms with Crippen LogP contribution in [-0.2, 0) is 0 Å². The molecule has 0 atom stereocenters. The highest BCUT2D eigenvalue weighted by atomic mass is 35.5. The van der Waals surface area contributed by atoms with Crippen molar-refractivity contribution in [2.24, 2.45) is 0 Å². The smallest absolute Gasteiger partial charge is 0.161 e. The first-order valence-corrected chi connectivity index (χ1v) is 9.93. The molecule has 2 aromatic carbocycles. The average Bonchev–Trinajstić information content (AvgIpc) is 3.11. The minimum Gasteiger partial charge on any atom is -0.490 e. The van der Waals surface area contributed by atoms with E-state index >= 15 is 0 Å². The van der Waals surface area contributed by atoms with Crippen molar-refractivity contribution < 1.29 is 13.9 Å². The molecule has 4 aromatic rings. The summed E-state index contributed by atoms with van der Waals surface area (Å²) in [4.78, 5) is 12.0. The van der Waals surface area contributed by atoms with E-state index in [1.807, 2.05) is 30.3 Å². The Balaban J connectivity index is 1.42. The summed E-state index contributed by atoms with van der Waals surface area (Å²) < 4.78 is 25.6. The number of nitrogens with one attached hydrogen (secondary N) is 1. The summed E-state index contributed by atoms with van der Waals surface area (Å²) in [6, 6.07) is 14.2. The topological polar surface area (TPSA) is 60.0 Å². The van der Waals surface area contributed by atoms with Gasteiger partial charge in [-0.15, -0.1) is 0 Å². The molecular formula is C23H17ClFN3O2. The SMILES string of the molecule is Fc1cccc(Cl)c1-c1nc(-c2ccc(-c3ccc4c(c3)OCCCO4)nc2)c[nH]1. The van der Waals surface area contributed by atoms with Crippen LogP contribution in [0.25, 0.3) is 33.9 Å². The Morgan fingerprint density at radius 2 is 1.77 bits per heavy atom. The van der Waals surface area contributed by atoms with Gasteiger partial charge in [0.25, 0.3) is 0 Å². The third kappa shape index (κ3) is 3.50. The molecule has 1 aliphatic rings. The highest BCUT2D eigenvalue weighted by Crippen LogP contribution is 2.34. The van der Waals surface area contributed by atoms with E-state index in [-0.39, 0.29) is 5.56 Å². The van der Waals surface area contributed by atoms with Crippen LogP contribution in [0.2, 0.25) is 5.02 Å². The normalized spacial score (nSPS) is 13.1. The summed E-state index contributed by atoms with van der Waals surface area (Å²) >= 11 is 6.14. The lowest BCUT2D eigenvalue weighted by atomic mass is 10.1. The van der Waals surface area contributed by atoms with Gasteiger partial charge in [0.15, 0.2) is 11.5 Å². The molecule has 0 radical (unpaired) electrons. The number of imidazole rings is 1. The highest BCUT2D eigenvalue weighted by molar-refractivity contribution is 6.33. The Hall–Kier alpha value is -3.38. The van der Waals surface area contributed by atoms with Gasteiger partial charge in [-0.1, -0.05) is 17.7 Å². The zero-order chi connectivity index (χ0) is 20.5. The summed E-state index contributed by atoms with van der Waals surface area (Å²) in [6.07, 6.45) is 4.31. The zero-order valence-corrected chi connectivity index (χ0v) is 16.6. The Bertz CT molecular complexity index is 1190. The first-order chi connectivity index (χ1) is 14.7. The van der Waals surface area contributed by atoms with Crippen molar-refractivity contribution >= 4 is 11.6 Å². The van der Waals surface area contributed by atoms with Crippen LogP contribution >= 0.6 is 11.6 Å². The first-order valence-electron chi connectivity index (χ1n) is 9.55. The number of aromatic nitrogens is 3. The van der Waals surface area contributed by atoms with E-state index in [9.17, 15) is 4.39 Å². The Morgan fingerprint density at radius 3 is 2.57 bits per heavy atom. The maximum Gasteiger partial charge on any atom is 0.161 e. The van der Waals surface area contributed by atoms with Gasteiger partial charge in [0.05, 0.1) is 35.2 Å². The van der Waals surface area contributed by atoms with Crippen LogP contribution in [0.1, 0.15) is 6.42 Å². The number of nitrogens with zero attached hydrogens (tertiary/aromatic N) is 2. The standard InChI is InChI=1S/C23H17ClFN3O2/c24-16-3-1-4-17(25)22(16)23-27-13-19(28-23)15-5-7-18(26-12-15)14-6-8-20-21(11-14)30-10-2-9-29-20/h1,3-8,11-13H,2,9-10H2,(H,27,28). The lowest BCUT2D eigenvalue weighted by Gasteiger charge is -2.09. The van der Waals surface area contributed by atoms with Crippen molar-refractivity contribution in [3.05, 3.63) is 71.8 Å². The first kappa shape index (κ1) is 18.6. The Morgan fingerprint density at radius 1 is 0.933 bits per heavy atom. The van der Waals surface area contributed by atoms with E-state index in [0.717, 1.165) is 34.7 Å². The number of pyridine rings is 1. The van der Waals surface area contributed by atoms with Gasteiger partial charge in [-0.05, 0) is 42.5 Å². The number of hydrogen-bond donors (Lipinski definition) is 1. The molecule has 0 saturated carbocycles. The molecule has 7 heteroatoms. The van der Waals surface area contributed by atoms with Crippen LogP contribution < -0.4 is 9.47 Å². The molecule has 0 fully saturated rings. The maximum absolute atomic E-state index is 14.2. The van der Waals surface area contributed by atoms with Crippen LogP contribution in [-0.4, -0.2) is 28.2 Å².